The van der Waals surface area contributed by atoms with Gasteiger partial charge in [0.2, 0.25) is 0 Å². The third-order valence-corrected chi connectivity index (χ3v) is 5.53. The lowest BCUT2D eigenvalue weighted by Crippen LogP contribution is -2.41. The van der Waals surface area contributed by atoms with Crippen molar-refractivity contribution in [2.75, 3.05) is 6.54 Å². The van der Waals surface area contributed by atoms with Crippen LogP contribution >= 0.6 is 22.7 Å². The Morgan fingerprint density at radius 1 is 1.17 bits per heavy atom. The molecule has 3 rings (SSSR count). The van der Waals surface area contributed by atoms with E-state index in [1.54, 1.807) is 6.07 Å². The van der Waals surface area contributed by atoms with Crippen molar-refractivity contribution in [3.05, 3.63) is 80.2 Å². The van der Waals surface area contributed by atoms with Crippen molar-refractivity contribution in [2.45, 2.75) is 12.5 Å². The summed E-state index contributed by atoms with van der Waals surface area (Å²) in [4.78, 5) is 13.3. The summed E-state index contributed by atoms with van der Waals surface area (Å²) >= 11 is 3.01. The topological polar surface area (TPSA) is 49.3 Å². The highest BCUT2D eigenvalue weighted by Gasteiger charge is 2.33. The van der Waals surface area contributed by atoms with Gasteiger partial charge in [-0.2, -0.15) is 11.3 Å². The fourth-order valence-electron chi connectivity index (χ4n) is 2.48. The highest BCUT2D eigenvalue weighted by molar-refractivity contribution is 7.10. The van der Waals surface area contributed by atoms with Crippen LogP contribution in [0.5, 0.6) is 0 Å². The molecule has 0 aliphatic carbocycles. The zero-order valence-corrected chi connectivity index (χ0v) is 14.3. The minimum atomic E-state index is -1.20. The van der Waals surface area contributed by atoms with Crippen LogP contribution < -0.4 is 5.32 Å². The molecule has 1 aromatic carbocycles. The van der Waals surface area contributed by atoms with Crippen LogP contribution in [0.2, 0.25) is 0 Å². The Kier molecular flexibility index (Phi) is 4.61. The van der Waals surface area contributed by atoms with Crippen LogP contribution in [0.15, 0.2) is 58.6 Å². The third-order valence-electron chi connectivity index (χ3n) is 3.82. The lowest BCUT2D eigenvalue weighted by molar-refractivity contribution is 0.0720. The Bertz CT molecular complexity index is 745. The number of benzene rings is 1. The van der Waals surface area contributed by atoms with Crippen LogP contribution in [-0.2, 0) is 5.60 Å². The number of aliphatic hydroxyl groups is 1. The fraction of sp³-hybridized carbons (Fsp3) is 0.167. The van der Waals surface area contributed by atoms with E-state index >= 15 is 0 Å². The number of hydrogen-bond donors (Lipinski definition) is 2. The lowest BCUT2D eigenvalue weighted by Gasteiger charge is -2.27. The van der Waals surface area contributed by atoms with Crippen LogP contribution in [-0.4, -0.2) is 17.6 Å². The van der Waals surface area contributed by atoms with Crippen molar-refractivity contribution in [2.24, 2.45) is 0 Å². The van der Waals surface area contributed by atoms with E-state index in [1.165, 1.54) is 22.7 Å². The van der Waals surface area contributed by atoms with E-state index in [-0.39, 0.29) is 12.5 Å². The van der Waals surface area contributed by atoms with Gasteiger partial charge in [0.25, 0.3) is 5.91 Å². The standard InChI is InChI=1S/C18H17NO2S2/c1-13-5-2-3-6-15(13)17(20)19-12-18(21,14-8-10-22-11-14)16-7-4-9-23-16/h2-11,21H,12H2,1H3,(H,19,20)/t18-/m0/s1. The maximum absolute atomic E-state index is 12.4. The first kappa shape index (κ1) is 15.9. The molecule has 2 aromatic heterocycles. The molecule has 3 nitrogen and oxygen atoms in total. The molecule has 0 aliphatic rings. The van der Waals surface area contributed by atoms with Crippen molar-refractivity contribution in [1.82, 2.24) is 5.32 Å². The first-order valence-electron chi connectivity index (χ1n) is 7.24. The SMILES string of the molecule is Cc1ccccc1C(=O)NC[C@](O)(c1ccsc1)c1cccs1. The van der Waals surface area contributed by atoms with Crippen molar-refractivity contribution in [3.8, 4) is 0 Å². The molecule has 23 heavy (non-hydrogen) atoms. The molecule has 0 bridgehead atoms. The molecule has 0 saturated carbocycles. The Morgan fingerprint density at radius 2 is 2.00 bits per heavy atom. The van der Waals surface area contributed by atoms with Crippen molar-refractivity contribution >= 4 is 28.6 Å². The molecule has 1 amide bonds. The summed E-state index contributed by atoms with van der Waals surface area (Å²) < 4.78 is 0. The molecule has 0 aliphatic heterocycles. The molecule has 1 atom stereocenters. The molecule has 0 radical (unpaired) electrons. The predicted octanol–water partition coefficient (Wildman–Crippen LogP) is 3.78. The van der Waals surface area contributed by atoms with Crippen molar-refractivity contribution in [3.63, 3.8) is 0 Å². The van der Waals surface area contributed by atoms with Gasteiger partial charge in [-0.25, -0.2) is 0 Å². The van der Waals surface area contributed by atoms with Gasteiger partial charge in [0, 0.05) is 16.0 Å². The predicted molar refractivity (Wildman–Crippen MR) is 95.1 cm³/mol. The Labute approximate surface area is 143 Å². The van der Waals surface area contributed by atoms with Gasteiger partial charge < -0.3 is 10.4 Å². The van der Waals surface area contributed by atoms with Crippen LogP contribution in [0.1, 0.15) is 26.4 Å². The van der Waals surface area contributed by atoms with E-state index in [1.807, 2.05) is 59.5 Å². The molecule has 0 fully saturated rings. The maximum atomic E-state index is 12.4. The molecule has 0 spiro atoms. The van der Waals surface area contributed by atoms with Crippen molar-refractivity contribution < 1.29 is 9.90 Å². The van der Waals surface area contributed by atoms with Crippen LogP contribution in [0, 0.1) is 6.92 Å². The molecule has 3 aromatic rings. The number of hydrogen-bond acceptors (Lipinski definition) is 4. The van der Waals surface area contributed by atoms with E-state index in [4.69, 9.17) is 0 Å². The summed E-state index contributed by atoms with van der Waals surface area (Å²) in [5.74, 6) is -0.173. The largest absolute Gasteiger partial charge is 0.378 e. The Morgan fingerprint density at radius 3 is 2.65 bits per heavy atom. The second kappa shape index (κ2) is 6.66. The molecule has 2 heterocycles. The quantitative estimate of drug-likeness (QED) is 0.740. The number of rotatable bonds is 5. The van der Waals surface area contributed by atoms with Gasteiger partial charge in [0.15, 0.2) is 0 Å². The normalized spacial score (nSPS) is 13.5. The van der Waals surface area contributed by atoms with Gasteiger partial charge in [0.1, 0.15) is 5.60 Å². The first-order valence-corrected chi connectivity index (χ1v) is 9.06. The monoisotopic (exact) mass is 343 g/mol. The molecule has 0 unspecified atom stereocenters. The summed E-state index contributed by atoms with van der Waals surface area (Å²) in [5.41, 5.74) is 1.15. The minimum Gasteiger partial charge on any atom is -0.378 e. The number of nitrogens with one attached hydrogen (secondary N) is 1. The van der Waals surface area contributed by atoms with Crippen LogP contribution in [0.4, 0.5) is 0 Å². The van der Waals surface area contributed by atoms with E-state index in [9.17, 15) is 9.90 Å². The van der Waals surface area contributed by atoms with E-state index in [0.29, 0.717) is 5.56 Å². The van der Waals surface area contributed by atoms with E-state index in [2.05, 4.69) is 5.32 Å². The summed E-state index contributed by atoms with van der Waals surface area (Å²) in [6.45, 7) is 2.04. The van der Waals surface area contributed by atoms with Gasteiger partial charge in [-0.1, -0.05) is 24.3 Å². The zero-order valence-electron chi connectivity index (χ0n) is 12.7. The van der Waals surface area contributed by atoms with E-state index in [0.717, 1.165) is 16.0 Å². The van der Waals surface area contributed by atoms with Gasteiger partial charge in [-0.3, -0.25) is 4.79 Å². The number of thiophene rings is 2. The molecule has 0 saturated heterocycles. The highest BCUT2D eigenvalue weighted by atomic mass is 32.1. The maximum Gasteiger partial charge on any atom is 0.251 e. The average molecular weight is 343 g/mol. The van der Waals surface area contributed by atoms with Gasteiger partial charge in [0.05, 0.1) is 6.54 Å². The summed E-state index contributed by atoms with van der Waals surface area (Å²) in [5, 5.41) is 19.8. The number of carbonyl (C=O) groups is 1. The second-order valence-electron chi connectivity index (χ2n) is 5.35. The van der Waals surface area contributed by atoms with Crippen molar-refractivity contribution in [1.29, 1.82) is 0 Å². The fourth-order valence-corrected chi connectivity index (χ4v) is 4.05. The smallest absolute Gasteiger partial charge is 0.251 e. The van der Waals surface area contributed by atoms with Gasteiger partial charge in [-0.15, -0.1) is 11.3 Å². The number of carbonyl (C=O) groups excluding carboxylic acids is 1. The Balaban J connectivity index is 1.84. The van der Waals surface area contributed by atoms with Crippen LogP contribution in [0.3, 0.4) is 0 Å². The molecule has 5 heteroatoms. The zero-order chi connectivity index (χ0) is 16.3. The van der Waals surface area contributed by atoms with E-state index < -0.39 is 5.60 Å². The molecule has 2 N–H and O–H groups in total. The third kappa shape index (κ3) is 3.22. The Hall–Kier alpha value is -1.95. The van der Waals surface area contributed by atoms with Gasteiger partial charge in [-0.05, 0) is 46.8 Å². The molecular formula is C18H17NO2S2. The number of aryl methyl sites for hydroxylation is 1. The summed E-state index contributed by atoms with van der Waals surface area (Å²) in [7, 11) is 0. The number of amides is 1. The average Bonchev–Trinajstić information content (AvgIpc) is 3.25. The first-order chi connectivity index (χ1) is 11.1. The lowest BCUT2D eigenvalue weighted by atomic mass is 9.94. The molecule has 118 valence electrons. The second-order valence-corrected chi connectivity index (χ2v) is 7.07. The van der Waals surface area contributed by atoms with Gasteiger partial charge >= 0.3 is 0 Å². The highest BCUT2D eigenvalue weighted by Crippen LogP contribution is 2.33. The minimum absolute atomic E-state index is 0.136. The summed E-state index contributed by atoms with van der Waals surface area (Å²) in [6.07, 6.45) is 0. The molecular weight excluding hydrogens is 326 g/mol. The van der Waals surface area contributed by atoms with Crippen LogP contribution in [0.25, 0.3) is 0 Å². The summed E-state index contributed by atoms with van der Waals surface area (Å²) in [6, 6.07) is 13.1.